The maximum absolute atomic E-state index is 11.7. The Kier molecular flexibility index (Phi) is 3.51. The molecule has 0 aliphatic heterocycles. The van der Waals surface area contributed by atoms with Gasteiger partial charge in [0.15, 0.2) is 0 Å². The molecule has 1 aromatic heterocycles. The van der Waals surface area contributed by atoms with E-state index in [-0.39, 0.29) is 5.91 Å². The monoisotopic (exact) mass is 291 g/mol. The normalized spacial score (nSPS) is 11.1. The fraction of sp³-hybridized carbons (Fsp3) is 0.333. The molecule has 15 heavy (non-hydrogen) atoms. The molecule has 0 aromatic carbocycles. The van der Waals surface area contributed by atoms with E-state index in [2.05, 4.69) is 21.2 Å². The highest BCUT2D eigenvalue weighted by molar-refractivity contribution is 9.10. The van der Waals surface area contributed by atoms with E-state index in [0.717, 1.165) is 0 Å². The molecule has 0 bridgehead atoms. The molecular weight excluding hydrogens is 282 g/mol. The van der Waals surface area contributed by atoms with E-state index in [0.29, 0.717) is 9.35 Å². The number of carboxylic acid groups (broad SMARTS) is 1. The second kappa shape index (κ2) is 4.32. The SMILES string of the molecule is CC(C)(NC(=O)c1sccc1Br)C(=O)O. The molecule has 0 atom stereocenters. The van der Waals surface area contributed by atoms with Crippen LogP contribution in [-0.2, 0) is 4.79 Å². The molecule has 1 heterocycles. The number of hydrogen-bond acceptors (Lipinski definition) is 3. The van der Waals surface area contributed by atoms with Crippen LogP contribution in [0.3, 0.4) is 0 Å². The summed E-state index contributed by atoms with van der Waals surface area (Å²) in [4.78, 5) is 22.9. The van der Waals surface area contributed by atoms with Crippen LogP contribution >= 0.6 is 27.3 Å². The predicted molar refractivity (Wildman–Crippen MR) is 61.2 cm³/mol. The van der Waals surface area contributed by atoms with Crippen molar-refractivity contribution in [2.75, 3.05) is 0 Å². The fourth-order valence-electron chi connectivity index (χ4n) is 0.850. The number of carbonyl (C=O) groups is 2. The molecule has 2 N–H and O–H groups in total. The average molecular weight is 292 g/mol. The van der Waals surface area contributed by atoms with Crippen LogP contribution in [0.4, 0.5) is 0 Å². The summed E-state index contributed by atoms with van der Waals surface area (Å²) in [7, 11) is 0. The third kappa shape index (κ3) is 2.79. The summed E-state index contributed by atoms with van der Waals surface area (Å²) in [5.74, 6) is -1.45. The minimum Gasteiger partial charge on any atom is -0.480 e. The number of thiophene rings is 1. The zero-order chi connectivity index (χ0) is 11.6. The van der Waals surface area contributed by atoms with Gasteiger partial charge in [0.2, 0.25) is 0 Å². The van der Waals surface area contributed by atoms with Gasteiger partial charge in [-0.2, -0.15) is 0 Å². The molecule has 1 rings (SSSR count). The largest absolute Gasteiger partial charge is 0.480 e. The predicted octanol–water partition coefficient (Wildman–Crippen LogP) is 2.10. The van der Waals surface area contributed by atoms with Crippen LogP contribution in [0.5, 0.6) is 0 Å². The third-order valence-electron chi connectivity index (χ3n) is 1.78. The van der Waals surface area contributed by atoms with Gasteiger partial charge in [0.1, 0.15) is 10.4 Å². The van der Waals surface area contributed by atoms with Crippen LogP contribution in [0.1, 0.15) is 23.5 Å². The van der Waals surface area contributed by atoms with Crippen LogP contribution in [0, 0.1) is 0 Å². The maximum Gasteiger partial charge on any atom is 0.328 e. The van der Waals surface area contributed by atoms with Gasteiger partial charge in [-0.05, 0) is 41.2 Å². The number of amides is 1. The number of carboxylic acids is 1. The van der Waals surface area contributed by atoms with Crippen molar-refractivity contribution in [2.24, 2.45) is 0 Å². The Bertz CT molecular complexity index is 400. The molecule has 1 aromatic rings. The van der Waals surface area contributed by atoms with Gasteiger partial charge in [-0.15, -0.1) is 11.3 Å². The molecule has 6 heteroatoms. The number of hydrogen-bond donors (Lipinski definition) is 2. The molecule has 1 amide bonds. The van der Waals surface area contributed by atoms with E-state index in [1.807, 2.05) is 0 Å². The van der Waals surface area contributed by atoms with Crippen molar-refractivity contribution in [3.8, 4) is 0 Å². The van der Waals surface area contributed by atoms with Gasteiger partial charge in [-0.25, -0.2) is 4.79 Å². The van der Waals surface area contributed by atoms with Crippen LogP contribution in [-0.4, -0.2) is 22.5 Å². The highest BCUT2D eigenvalue weighted by atomic mass is 79.9. The molecule has 0 spiro atoms. The first-order valence-corrected chi connectivity index (χ1v) is 5.81. The summed E-state index contributed by atoms with van der Waals surface area (Å²) in [6.07, 6.45) is 0. The Morgan fingerprint density at radius 1 is 1.53 bits per heavy atom. The molecule has 4 nitrogen and oxygen atoms in total. The first kappa shape index (κ1) is 12.2. The standard InChI is InChI=1S/C9H10BrNO3S/c1-9(2,8(13)14)11-7(12)6-5(10)3-4-15-6/h3-4H,1-2H3,(H,11,12)(H,13,14). The summed E-state index contributed by atoms with van der Waals surface area (Å²) in [6, 6.07) is 1.74. The number of halogens is 1. The number of nitrogens with one attached hydrogen (secondary N) is 1. The van der Waals surface area contributed by atoms with Crippen molar-refractivity contribution in [1.29, 1.82) is 0 Å². The minimum absolute atomic E-state index is 0.385. The van der Waals surface area contributed by atoms with E-state index in [1.165, 1.54) is 25.2 Å². The van der Waals surface area contributed by atoms with Crippen molar-refractivity contribution in [3.05, 3.63) is 20.8 Å². The minimum atomic E-state index is -1.26. The lowest BCUT2D eigenvalue weighted by Gasteiger charge is -2.20. The molecule has 0 aliphatic carbocycles. The summed E-state index contributed by atoms with van der Waals surface area (Å²) in [6.45, 7) is 2.88. The summed E-state index contributed by atoms with van der Waals surface area (Å²) >= 11 is 4.47. The molecule has 0 fully saturated rings. The van der Waals surface area contributed by atoms with Crippen LogP contribution in [0.25, 0.3) is 0 Å². The van der Waals surface area contributed by atoms with E-state index < -0.39 is 11.5 Å². The second-order valence-corrected chi connectivity index (χ2v) is 5.25. The van der Waals surface area contributed by atoms with Gasteiger partial charge in [0.25, 0.3) is 5.91 Å². The highest BCUT2D eigenvalue weighted by Crippen LogP contribution is 2.23. The van der Waals surface area contributed by atoms with E-state index >= 15 is 0 Å². The lowest BCUT2D eigenvalue weighted by atomic mass is 10.1. The first-order chi connectivity index (χ1) is 6.84. The Balaban J connectivity index is 2.81. The number of carbonyl (C=O) groups excluding carboxylic acids is 1. The Morgan fingerprint density at radius 2 is 2.13 bits per heavy atom. The topological polar surface area (TPSA) is 66.4 Å². The van der Waals surface area contributed by atoms with Crippen LogP contribution < -0.4 is 5.32 Å². The average Bonchev–Trinajstić information content (AvgIpc) is 2.50. The van der Waals surface area contributed by atoms with Crippen LogP contribution in [0.15, 0.2) is 15.9 Å². The fourth-order valence-corrected chi connectivity index (χ4v) is 2.30. The van der Waals surface area contributed by atoms with E-state index in [1.54, 1.807) is 11.4 Å². The van der Waals surface area contributed by atoms with Crippen molar-refractivity contribution in [3.63, 3.8) is 0 Å². The second-order valence-electron chi connectivity index (χ2n) is 3.48. The molecular formula is C9H10BrNO3S. The molecule has 82 valence electrons. The summed E-state index contributed by atoms with van der Waals surface area (Å²) in [5, 5.41) is 13.0. The van der Waals surface area contributed by atoms with Crippen molar-refractivity contribution >= 4 is 39.1 Å². The van der Waals surface area contributed by atoms with Crippen molar-refractivity contribution in [1.82, 2.24) is 5.32 Å². The molecule has 0 saturated carbocycles. The van der Waals surface area contributed by atoms with Gasteiger partial charge in [-0.1, -0.05) is 0 Å². The van der Waals surface area contributed by atoms with E-state index in [9.17, 15) is 9.59 Å². The van der Waals surface area contributed by atoms with Gasteiger partial charge < -0.3 is 10.4 Å². The number of rotatable bonds is 3. The van der Waals surface area contributed by atoms with Crippen molar-refractivity contribution in [2.45, 2.75) is 19.4 Å². The number of aliphatic carboxylic acids is 1. The molecule has 0 unspecified atom stereocenters. The molecule has 0 aliphatic rings. The molecule has 0 saturated heterocycles. The first-order valence-electron chi connectivity index (χ1n) is 4.13. The Labute approximate surface area is 99.4 Å². The summed E-state index contributed by atoms with van der Waals surface area (Å²) in [5.41, 5.74) is -1.26. The quantitative estimate of drug-likeness (QED) is 0.896. The Hall–Kier alpha value is -0.880. The zero-order valence-corrected chi connectivity index (χ0v) is 10.6. The highest BCUT2D eigenvalue weighted by Gasteiger charge is 2.30. The van der Waals surface area contributed by atoms with E-state index in [4.69, 9.17) is 5.11 Å². The van der Waals surface area contributed by atoms with Crippen molar-refractivity contribution < 1.29 is 14.7 Å². The van der Waals surface area contributed by atoms with Crippen LogP contribution in [0.2, 0.25) is 0 Å². The maximum atomic E-state index is 11.7. The van der Waals surface area contributed by atoms with Gasteiger partial charge in [0.05, 0.1) is 0 Å². The lowest BCUT2D eigenvalue weighted by Crippen LogP contribution is -2.49. The molecule has 0 radical (unpaired) electrons. The Morgan fingerprint density at radius 3 is 2.53 bits per heavy atom. The third-order valence-corrected chi connectivity index (χ3v) is 3.62. The van der Waals surface area contributed by atoms with Gasteiger partial charge in [-0.3, -0.25) is 4.79 Å². The van der Waals surface area contributed by atoms with Gasteiger partial charge >= 0.3 is 5.97 Å². The van der Waals surface area contributed by atoms with Gasteiger partial charge in [0, 0.05) is 4.47 Å². The lowest BCUT2D eigenvalue weighted by molar-refractivity contribution is -0.143. The zero-order valence-electron chi connectivity index (χ0n) is 8.20. The summed E-state index contributed by atoms with van der Waals surface area (Å²) < 4.78 is 0.672. The smallest absolute Gasteiger partial charge is 0.328 e.